The molecule has 5 heteroatoms. The van der Waals surface area contributed by atoms with Crippen molar-refractivity contribution in [2.24, 2.45) is 0 Å². The molecule has 0 aliphatic heterocycles. The molecule has 0 saturated heterocycles. The fourth-order valence-corrected chi connectivity index (χ4v) is 2.85. The van der Waals surface area contributed by atoms with Gasteiger partial charge in [-0.05, 0) is 19.1 Å². The molecule has 1 aromatic carbocycles. The summed E-state index contributed by atoms with van der Waals surface area (Å²) in [6, 6.07) is 5.89. The lowest BCUT2D eigenvalue weighted by Crippen LogP contribution is -2.22. The summed E-state index contributed by atoms with van der Waals surface area (Å²) in [5.74, 6) is 0.642. The van der Waals surface area contributed by atoms with Crippen LogP contribution >= 0.6 is 11.3 Å². The third-order valence-corrected chi connectivity index (χ3v) is 3.90. The van der Waals surface area contributed by atoms with Gasteiger partial charge in [-0.3, -0.25) is 4.79 Å². The molecule has 0 atom stereocenters. The topological polar surface area (TPSA) is 55.6 Å². The highest BCUT2D eigenvalue weighted by Crippen LogP contribution is 2.39. The molecule has 0 spiro atoms. The van der Waals surface area contributed by atoms with Gasteiger partial charge >= 0.3 is 0 Å². The highest BCUT2D eigenvalue weighted by atomic mass is 32.1. The van der Waals surface area contributed by atoms with Crippen molar-refractivity contribution in [2.45, 2.75) is 6.92 Å². The number of anilines is 1. The van der Waals surface area contributed by atoms with E-state index < -0.39 is 0 Å². The third-order valence-electron chi connectivity index (χ3n) is 3.08. The van der Waals surface area contributed by atoms with Crippen molar-refractivity contribution >= 4 is 22.2 Å². The maximum absolute atomic E-state index is 12.3. The zero-order valence-electron chi connectivity index (χ0n) is 12.1. The number of amides is 1. The predicted octanol–water partition coefficient (Wildman–Crippen LogP) is 3.02. The van der Waals surface area contributed by atoms with Crippen molar-refractivity contribution in [3.05, 3.63) is 34.7 Å². The molecule has 0 bridgehead atoms. The number of ether oxygens (including phenoxy) is 1. The van der Waals surface area contributed by atoms with E-state index in [1.807, 2.05) is 30.5 Å². The molecule has 0 aliphatic rings. The number of carbonyl (C=O) groups is 1. The van der Waals surface area contributed by atoms with Gasteiger partial charge in [0, 0.05) is 30.6 Å². The Labute approximate surface area is 122 Å². The van der Waals surface area contributed by atoms with E-state index in [4.69, 9.17) is 10.5 Å². The van der Waals surface area contributed by atoms with Crippen molar-refractivity contribution in [3.63, 3.8) is 0 Å². The zero-order valence-corrected chi connectivity index (χ0v) is 12.9. The lowest BCUT2D eigenvalue weighted by molar-refractivity contribution is 0.0830. The standard InChI is InChI=1S/C15H18N2O2S/c1-9-5-6-12(19-4)10(7-9)11-8-20-14(16)13(11)15(18)17(2)3/h5-8H,16H2,1-4H3. The molecule has 0 fully saturated rings. The van der Waals surface area contributed by atoms with Crippen LogP contribution in [0.25, 0.3) is 11.1 Å². The van der Waals surface area contributed by atoms with Crippen molar-refractivity contribution in [3.8, 4) is 16.9 Å². The zero-order chi connectivity index (χ0) is 14.9. The number of nitrogen functional groups attached to an aromatic ring is 1. The average molecular weight is 290 g/mol. The first-order valence-electron chi connectivity index (χ1n) is 6.19. The number of nitrogens with zero attached hydrogens (tertiary/aromatic N) is 1. The fourth-order valence-electron chi connectivity index (χ4n) is 2.05. The van der Waals surface area contributed by atoms with Crippen LogP contribution in [0.4, 0.5) is 5.00 Å². The molecule has 0 aliphatic carbocycles. The van der Waals surface area contributed by atoms with E-state index in [9.17, 15) is 4.79 Å². The van der Waals surface area contributed by atoms with Gasteiger partial charge in [0.05, 0.1) is 17.7 Å². The summed E-state index contributed by atoms with van der Waals surface area (Å²) in [6.45, 7) is 2.01. The Morgan fingerprint density at radius 3 is 2.60 bits per heavy atom. The summed E-state index contributed by atoms with van der Waals surface area (Å²) in [5, 5.41) is 2.44. The summed E-state index contributed by atoms with van der Waals surface area (Å²) in [4.78, 5) is 13.8. The Kier molecular flexibility index (Phi) is 3.99. The monoisotopic (exact) mass is 290 g/mol. The summed E-state index contributed by atoms with van der Waals surface area (Å²) in [7, 11) is 5.06. The molecule has 106 valence electrons. The number of methoxy groups -OCH3 is 1. The first-order chi connectivity index (χ1) is 9.45. The molecule has 0 unspecified atom stereocenters. The highest BCUT2D eigenvalue weighted by molar-refractivity contribution is 7.15. The van der Waals surface area contributed by atoms with E-state index in [-0.39, 0.29) is 5.91 Å². The lowest BCUT2D eigenvalue weighted by atomic mass is 10.0. The molecule has 1 heterocycles. The first kappa shape index (κ1) is 14.4. The average Bonchev–Trinajstić information content (AvgIpc) is 2.79. The van der Waals surface area contributed by atoms with Crippen LogP contribution < -0.4 is 10.5 Å². The maximum atomic E-state index is 12.3. The summed E-state index contributed by atoms with van der Waals surface area (Å²) >= 11 is 1.37. The van der Waals surface area contributed by atoms with Gasteiger partial charge in [-0.25, -0.2) is 0 Å². The van der Waals surface area contributed by atoms with E-state index in [2.05, 4.69) is 0 Å². The van der Waals surface area contributed by atoms with Gasteiger partial charge < -0.3 is 15.4 Å². The molecule has 2 rings (SSSR count). The molecule has 20 heavy (non-hydrogen) atoms. The highest BCUT2D eigenvalue weighted by Gasteiger charge is 2.22. The minimum atomic E-state index is -0.0951. The number of thiophene rings is 1. The van der Waals surface area contributed by atoms with Crippen LogP contribution in [0.15, 0.2) is 23.6 Å². The molecule has 2 aromatic rings. The normalized spacial score (nSPS) is 10.4. The van der Waals surface area contributed by atoms with E-state index >= 15 is 0 Å². The number of carbonyl (C=O) groups excluding carboxylic acids is 1. The molecule has 0 saturated carbocycles. The minimum Gasteiger partial charge on any atom is -0.496 e. The predicted molar refractivity (Wildman–Crippen MR) is 83.5 cm³/mol. The molecule has 1 amide bonds. The number of hydrogen-bond donors (Lipinski definition) is 1. The van der Waals surface area contributed by atoms with E-state index in [0.29, 0.717) is 10.6 Å². The van der Waals surface area contributed by atoms with Crippen LogP contribution in [0.1, 0.15) is 15.9 Å². The van der Waals surface area contributed by atoms with Gasteiger partial charge in [-0.15, -0.1) is 11.3 Å². The van der Waals surface area contributed by atoms with Crippen molar-refractivity contribution in [1.29, 1.82) is 0 Å². The van der Waals surface area contributed by atoms with Gasteiger partial charge in [0.2, 0.25) is 0 Å². The maximum Gasteiger partial charge on any atom is 0.256 e. The second-order valence-electron chi connectivity index (χ2n) is 4.79. The first-order valence-corrected chi connectivity index (χ1v) is 7.07. The van der Waals surface area contributed by atoms with Crippen molar-refractivity contribution < 1.29 is 9.53 Å². The largest absolute Gasteiger partial charge is 0.496 e. The molecule has 1 aromatic heterocycles. The van der Waals surface area contributed by atoms with Crippen LogP contribution in [-0.4, -0.2) is 32.0 Å². The molecule has 4 nitrogen and oxygen atoms in total. The van der Waals surface area contributed by atoms with E-state index in [0.717, 1.165) is 22.4 Å². The van der Waals surface area contributed by atoms with Gasteiger partial charge in [0.1, 0.15) is 5.75 Å². The number of nitrogens with two attached hydrogens (primary N) is 1. The number of rotatable bonds is 3. The van der Waals surface area contributed by atoms with Gasteiger partial charge in [0.15, 0.2) is 0 Å². The minimum absolute atomic E-state index is 0.0951. The summed E-state index contributed by atoms with van der Waals surface area (Å²) in [6.07, 6.45) is 0. The Balaban J connectivity index is 2.65. The van der Waals surface area contributed by atoms with Gasteiger partial charge in [-0.1, -0.05) is 11.6 Å². The van der Waals surface area contributed by atoms with Crippen molar-refractivity contribution in [2.75, 3.05) is 26.9 Å². The number of hydrogen-bond acceptors (Lipinski definition) is 4. The van der Waals surface area contributed by atoms with E-state index in [1.54, 1.807) is 21.2 Å². The smallest absolute Gasteiger partial charge is 0.256 e. The van der Waals surface area contributed by atoms with E-state index in [1.165, 1.54) is 16.2 Å². The fraction of sp³-hybridized carbons (Fsp3) is 0.267. The summed E-state index contributed by atoms with van der Waals surface area (Å²) < 4.78 is 5.40. The SMILES string of the molecule is COc1ccc(C)cc1-c1csc(N)c1C(=O)N(C)C. The quantitative estimate of drug-likeness (QED) is 0.945. The molecule has 2 N–H and O–H groups in total. The second kappa shape index (κ2) is 5.54. The van der Waals surface area contributed by atoms with Gasteiger partial charge in [-0.2, -0.15) is 0 Å². The Hall–Kier alpha value is -2.01. The lowest BCUT2D eigenvalue weighted by Gasteiger charge is -2.14. The molecule has 0 radical (unpaired) electrons. The summed E-state index contributed by atoms with van der Waals surface area (Å²) in [5.41, 5.74) is 9.35. The van der Waals surface area contributed by atoms with Crippen LogP contribution in [0, 0.1) is 6.92 Å². The van der Waals surface area contributed by atoms with Crippen LogP contribution in [0.3, 0.4) is 0 Å². The van der Waals surface area contributed by atoms with Crippen LogP contribution in [0.2, 0.25) is 0 Å². The Bertz CT molecular complexity index is 647. The van der Waals surface area contributed by atoms with Gasteiger partial charge in [0.25, 0.3) is 5.91 Å². The Morgan fingerprint density at radius 2 is 2.00 bits per heavy atom. The third kappa shape index (κ3) is 2.49. The van der Waals surface area contributed by atoms with Crippen LogP contribution in [-0.2, 0) is 0 Å². The Morgan fingerprint density at radius 1 is 1.30 bits per heavy atom. The molecular weight excluding hydrogens is 272 g/mol. The number of aryl methyl sites for hydroxylation is 1. The van der Waals surface area contributed by atoms with Crippen molar-refractivity contribution in [1.82, 2.24) is 4.90 Å². The second-order valence-corrected chi connectivity index (χ2v) is 5.70. The molecular formula is C15H18N2O2S. The number of benzene rings is 1. The van der Waals surface area contributed by atoms with Crippen LogP contribution in [0.5, 0.6) is 5.75 Å².